The second kappa shape index (κ2) is 12.3. The molecular weight excluding hydrogens is 450 g/mol. The Morgan fingerprint density at radius 1 is 0.971 bits per heavy atom. The van der Waals surface area contributed by atoms with Crippen LogP contribution in [0.1, 0.15) is 72.6 Å². The molecule has 8 heteroatoms. The quantitative estimate of drug-likeness (QED) is 0.483. The second-order valence-corrected chi connectivity index (χ2v) is 12.1. The lowest BCUT2D eigenvalue weighted by molar-refractivity contribution is -0.154. The zero-order chi connectivity index (χ0) is 25.8. The van der Waals surface area contributed by atoms with Gasteiger partial charge in [0.2, 0.25) is 11.8 Å². The van der Waals surface area contributed by atoms with Gasteiger partial charge in [-0.2, -0.15) is 0 Å². The summed E-state index contributed by atoms with van der Waals surface area (Å²) in [4.78, 5) is 35.3. The van der Waals surface area contributed by atoms with Crippen LogP contribution in [0.4, 0.5) is 8.78 Å². The number of hydrogen-bond acceptors (Lipinski definition) is 4. The van der Waals surface area contributed by atoms with Gasteiger partial charge in [-0.15, -0.1) is 0 Å². The van der Waals surface area contributed by atoms with Crippen LogP contribution in [0.15, 0.2) is 0 Å². The number of hydrogen-bond donors (Lipinski definition) is 0. The Bertz CT molecular complexity index is 699. The number of carbonyl (C=O) groups is 2. The second-order valence-electron chi connectivity index (χ2n) is 12.1. The van der Waals surface area contributed by atoms with E-state index in [2.05, 4.69) is 37.5 Å². The van der Waals surface area contributed by atoms with Crippen molar-refractivity contribution in [3.63, 3.8) is 0 Å². The Morgan fingerprint density at radius 2 is 1.60 bits per heavy atom. The average Bonchev–Trinajstić information content (AvgIpc) is 2.79. The Labute approximate surface area is 211 Å². The fourth-order valence-electron chi connectivity index (χ4n) is 5.88. The van der Waals surface area contributed by atoms with Crippen LogP contribution in [0.5, 0.6) is 0 Å². The van der Waals surface area contributed by atoms with E-state index < -0.39 is 5.92 Å². The van der Waals surface area contributed by atoms with Gasteiger partial charge in [-0.3, -0.25) is 14.5 Å². The molecular formula is C27H48F2N4O2. The summed E-state index contributed by atoms with van der Waals surface area (Å²) in [5.41, 5.74) is 0. The van der Waals surface area contributed by atoms with E-state index in [1.54, 1.807) is 0 Å². The predicted molar refractivity (Wildman–Crippen MR) is 135 cm³/mol. The van der Waals surface area contributed by atoms with Crippen LogP contribution in [0.25, 0.3) is 0 Å². The molecule has 0 aromatic rings. The van der Waals surface area contributed by atoms with Gasteiger partial charge in [0.1, 0.15) is 6.04 Å². The standard InChI is InChI=1S/C27H48F2N4O2/c1-20(2)18-23-26(35)33(17-16-30(23)5)24(19-21(3)4)25(34)32-12-7-22(8-13-32)6-11-31-14-9-27(28,29)10-15-31/h20-24H,6-19H2,1-5H3/t23-,24?/m0/s1. The van der Waals surface area contributed by atoms with Gasteiger partial charge in [0, 0.05) is 52.1 Å². The van der Waals surface area contributed by atoms with Crippen molar-refractivity contribution in [1.29, 1.82) is 0 Å². The molecule has 3 rings (SSSR count). The first-order chi connectivity index (χ1) is 16.5. The summed E-state index contributed by atoms with van der Waals surface area (Å²) >= 11 is 0. The van der Waals surface area contributed by atoms with Crippen molar-refractivity contribution in [2.75, 3.05) is 52.9 Å². The SMILES string of the molecule is CC(C)CC(C(=O)N1CCC(CCN2CCC(F)(F)CC2)CC1)N1CCN(C)[C@@H](CC(C)C)C1=O. The van der Waals surface area contributed by atoms with Gasteiger partial charge in [0.25, 0.3) is 5.92 Å². The third kappa shape index (κ3) is 7.85. The van der Waals surface area contributed by atoms with Crippen molar-refractivity contribution in [3.8, 4) is 0 Å². The Hall–Kier alpha value is -1.28. The molecule has 0 bridgehead atoms. The summed E-state index contributed by atoms with van der Waals surface area (Å²) in [5.74, 6) is -0.995. The number of halogens is 2. The van der Waals surface area contributed by atoms with Gasteiger partial charge >= 0.3 is 0 Å². The molecule has 0 radical (unpaired) electrons. The van der Waals surface area contributed by atoms with Crippen molar-refractivity contribution < 1.29 is 18.4 Å². The monoisotopic (exact) mass is 498 g/mol. The minimum absolute atomic E-state index is 0.0276. The number of nitrogens with zero attached hydrogens (tertiary/aromatic N) is 4. The van der Waals surface area contributed by atoms with E-state index in [-0.39, 0.29) is 36.7 Å². The molecule has 3 heterocycles. The summed E-state index contributed by atoms with van der Waals surface area (Å²) < 4.78 is 26.8. The number of likely N-dealkylation sites (N-methyl/N-ethyl adjacent to an activating group) is 1. The number of carbonyl (C=O) groups excluding carboxylic acids is 2. The minimum Gasteiger partial charge on any atom is -0.341 e. The van der Waals surface area contributed by atoms with Crippen molar-refractivity contribution in [1.82, 2.24) is 19.6 Å². The van der Waals surface area contributed by atoms with Crippen LogP contribution < -0.4 is 0 Å². The van der Waals surface area contributed by atoms with E-state index in [4.69, 9.17) is 0 Å². The van der Waals surface area contributed by atoms with Crippen molar-refractivity contribution in [3.05, 3.63) is 0 Å². The van der Waals surface area contributed by atoms with E-state index in [0.29, 0.717) is 43.8 Å². The van der Waals surface area contributed by atoms with E-state index in [1.165, 1.54) is 0 Å². The molecule has 0 spiro atoms. The molecule has 0 aliphatic carbocycles. The van der Waals surface area contributed by atoms with Crippen molar-refractivity contribution >= 4 is 11.8 Å². The summed E-state index contributed by atoms with van der Waals surface area (Å²) in [6.45, 7) is 13.2. The molecule has 0 aromatic heterocycles. The van der Waals surface area contributed by atoms with Gasteiger partial charge in [0.15, 0.2) is 0 Å². The van der Waals surface area contributed by atoms with Gasteiger partial charge < -0.3 is 14.7 Å². The number of rotatable bonds is 9. The van der Waals surface area contributed by atoms with Crippen molar-refractivity contribution in [2.45, 2.75) is 90.6 Å². The maximum absolute atomic E-state index is 13.7. The largest absolute Gasteiger partial charge is 0.341 e. The van der Waals surface area contributed by atoms with Crippen LogP contribution in [0.3, 0.4) is 0 Å². The molecule has 3 aliphatic heterocycles. The number of piperidine rings is 2. The third-order valence-electron chi connectivity index (χ3n) is 8.21. The highest BCUT2D eigenvalue weighted by molar-refractivity contribution is 5.90. The fourth-order valence-corrected chi connectivity index (χ4v) is 5.88. The lowest BCUT2D eigenvalue weighted by atomic mass is 9.91. The highest BCUT2D eigenvalue weighted by Gasteiger charge is 2.41. The van der Waals surface area contributed by atoms with E-state index in [9.17, 15) is 18.4 Å². The smallest absolute Gasteiger partial charge is 0.250 e. The lowest BCUT2D eigenvalue weighted by Crippen LogP contribution is -2.62. The topological polar surface area (TPSA) is 47.1 Å². The number of amides is 2. The maximum Gasteiger partial charge on any atom is 0.250 e. The van der Waals surface area contributed by atoms with Crippen LogP contribution >= 0.6 is 0 Å². The first-order valence-corrected chi connectivity index (χ1v) is 13.9. The first-order valence-electron chi connectivity index (χ1n) is 13.9. The minimum atomic E-state index is -2.49. The third-order valence-corrected chi connectivity index (χ3v) is 8.21. The molecule has 202 valence electrons. The van der Waals surface area contributed by atoms with Gasteiger partial charge in [-0.1, -0.05) is 27.7 Å². The van der Waals surface area contributed by atoms with Gasteiger partial charge in [-0.05, 0) is 63.5 Å². The van der Waals surface area contributed by atoms with Gasteiger partial charge in [-0.25, -0.2) is 8.78 Å². The molecule has 3 fully saturated rings. The molecule has 3 aliphatic rings. The average molecular weight is 499 g/mol. The van der Waals surface area contributed by atoms with Crippen molar-refractivity contribution in [2.24, 2.45) is 17.8 Å². The van der Waals surface area contributed by atoms with E-state index in [1.807, 2.05) is 16.8 Å². The number of piperazine rings is 1. The highest BCUT2D eigenvalue weighted by atomic mass is 19.3. The zero-order valence-corrected chi connectivity index (χ0v) is 22.6. The zero-order valence-electron chi connectivity index (χ0n) is 22.6. The van der Waals surface area contributed by atoms with E-state index in [0.717, 1.165) is 51.9 Å². The molecule has 2 amide bonds. The molecule has 35 heavy (non-hydrogen) atoms. The summed E-state index contributed by atoms with van der Waals surface area (Å²) in [7, 11) is 2.02. The normalized spacial score (nSPS) is 26.1. The first kappa shape index (κ1) is 28.3. The molecule has 3 saturated heterocycles. The number of likely N-dealkylation sites (tertiary alicyclic amines) is 2. The molecule has 6 nitrogen and oxygen atoms in total. The van der Waals surface area contributed by atoms with Crippen LogP contribution in [-0.4, -0.2) is 102 Å². The summed E-state index contributed by atoms with van der Waals surface area (Å²) in [6.07, 6.45) is 4.38. The molecule has 1 unspecified atom stereocenters. The molecule has 0 saturated carbocycles. The Kier molecular flexibility index (Phi) is 9.95. The highest BCUT2D eigenvalue weighted by Crippen LogP contribution is 2.29. The Balaban J connectivity index is 1.54. The van der Waals surface area contributed by atoms with E-state index >= 15 is 0 Å². The molecule has 2 atom stereocenters. The predicted octanol–water partition coefficient (Wildman–Crippen LogP) is 3.95. The lowest BCUT2D eigenvalue weighted by Gasteiger charge is -2.44. The fraction of sp³-hybridized carbons (Fsp3) is 0.926. The summed E-state index contributed by atoms with van der Waals surface area (Å²) in [6, 6.07) is -0.524. The Morgan fingerprint density at radius 3 is 2.17 bits per heavy atom. The van der Waals surface area contributed by atoms with Crippen LogP contribution in [0.2, 0.25) is 0 Å². The van der Waals surface area contributed by atoms with Crippen LogP contribution in [-0.2, 0) is 9.59 Å². The molecule has 0 aromatic carbocycles. The van der Waals surface area contributed by atoms with Gasteiger partial charge in [0.05, 0.1) is 6.04 Å². The number of alkyl halides is 2. The summed E-state index contributed by atoms with van der Waals surface area (Å²) in [5, 5.41) is 0. The molecule has 0 N–H and O–H groups in total. The maximum atomic E-state index is 13.7. The van der Waals surface area contributed by atoms with Crippen LogP contribution in [0, 0.1) is 17.8 Å².